The lowest BCUT2D eigenvalue weighted by atomic mass is 10.1. The van der Waals surface area contributed by atoms with Gasteiger partial charge in [0.25, 0.3) is 21.8 Å². The van der Waals surface area contributed by atoms with Crippen molar-refractivity contribution >= 4 is 33.7 Å². The Morgan fingerprint density at radius 3 is 2.24 bits per heavy atom. The molecule has 0 aromatic heterocycles. The molecule has 0 fully saturated rings. The summed E-state index contributed by atoms with van der Waals surface area (Å²) in [6, 6.07) is 25.1. The molecule has 0 heterocycles. The van der Waals surface area contributed by atoms with E-state index in [1.165, 1.54) is 24.4 Å². The highest BCUT2D eigenvalue weighted by Crippen LogP contribution is 2.33. The van der Waals surface area contributed by atoms with E-state index in [9.17, 15) is 31.2 Å². The molecular weight excluding hydrogens is 621 g/mol. The summed E-state index contributed by atoms with van der Waals surface area (Å²) in [6.07, 6.45) is -3.44. The summed E-state index contributed by atoms with van der Waals surface area (Å²) in [6.45, 7) is 2.58. The lowest BCUT2D eigenvalue weighted by Crippen LogP contribution is -2.39. The third kappa shape index (κ3) is 9.17. The first-order valence-corrected chi connectivity index (χ1v) is 15.4. The molecule has 4 rings (SSSR count). The summed E-state index contributed by atoms with van der Waals surface area (Å²) in [5.74, 6) is -0.768. The number of hydrogen-bond acceptors (Lipinski definition) is 6. The SMILES string of the molecule is Cc1ccc(S(=O)(=O)N(CC(=O)N/N=C\c2ccc(OCC(=O)N[C@@H](C)c3ccccc3)cc2)c2cccc(C(F)(F)F)c2)cc1. The predicted molar refractivity (Wildman–Crippen MR) is 168 cm³/mol. The second kappa shape index (κ2) is 14.7. The summed E-state index contributed by atoms with van der Waals surface area (Å²) in [5.41, 5.74) is 3.08. The van der Waals surface area contributed by atoms with E-state index in [1.54, 1.807) is 43.3 Å². The highest BCUT2D eigenvalue weighted by molar-refractivity contribution is 7.92. The molecule has 0 unspecified atom stereocenters. The van der Waals surface area contributed by atoms with Crippen molar-refractivity contribution in [3.63, 3.8) is 0 Å². The van der Waals surface area contributed by atoms with Crippen LogP contribution in [0.15, 0.2) is 113 Å². The van der Waals surface area contributed by atoms with Gasteiger partial charge in [-0.15, -0.1) is 0 Å². The predicted octanol–water partition coefficient (Wildman–Crippen LogP) is 5.62. The number of alkyl halides is 3. The largest absolute Gasteiger partial charge is 0.484 e. The van der Waals surface area contributed by atoms with Crippen LogP contribution in [0.3, 0.4) is 0 Å². The highest BCUT2D eigenvalue weighted by atomic mass is 32.2. The zero-order valence-corrected chi connectivity index (χ0v) is 25.7. The number of anilines is 1. The van der Waals surface area contributed by atoms with E-state index in [4.69, 9.17) is 4.74 Å². The van der Waals surface area contributed by atoms with Crippen LogP contribution >= 0.6 is 0 Å². The summed E-state index contributed by atoms with van der Waals surface area (Å²) >= 11 is 0. The number of aryl methyl sites for hydroxylation is 1. The number of nitrogens with one attached hydrogen (secondary N) is 2. The Morgan fingerprint density at radius 2 is 1.59 bits per heavy atom. The van der Waals surface area contributed by atoms with Crippen LogP contribution in [0.5, 0.6) is 5.75 Å². The number of carbonyl (C=O) groups excluding carboxylic acids is 2. The van der Waals surface area contributed by atoms with E-state index in [2.05, 4.69) is 15.8 Å². The van der Waals surface area contributed by atoms with Crippen LogP contribution in [0, 0.1) is 6.92 Å². The van der Waals surface area contributed by atoms with Crippen LogP contribution in [0.25, 0.3) is 0 Å². The molecule has 46 heavy (non-hydrogen) atoms. The Labute approximate surface area is 264 Å². The number of hydrogen-bond donors (Lipinski definition) is 2. The van der Waals surface area contributed by atoms with Crippen molar-refractivity contribution in [2.45, 2.75) is 31.0 Å². The second-order valence-electron chi connectivity index (χ2n) is 10.2. The maximum Gasteiger partial charge on any atom is 0.416 e. The maximum absolute atomic E-state index is 13.5. The average Bonchev–Trinajstić information content (AvgIpc) is 3.03. The van der Waals surface area contributed by atoms with Gasteiger partial charge in [-0.3, -0.25) is 13.9 Å². The minimum atomic E-state index is -4.73. The number of nitrogens with zero attached hydrogens (tertiary/aromatic N) is 2. The third-order valence-corrected chi connectivity index (χ3v) is 8.48. The van der Waals surface area contributed by atoms with Gasteiger partial charge in [0.1, 0.15) is 12.3 Å². The van der Waals surface area contributed by atoms with Crippen molar-refractivity contribution in [3.8, 4) is 5.75 Å². The minimum Gasteiger partial charge on any atom is -0.484 e. The molecule has 9 nitrogen and oxygen atoms in total. The van der Waals surface area contributed by atoms with Crippen molar-refractivity contribution < 1.29 is 35.9 Å². The molecular formula is C33H31F3N4O5S. The minimum absolute atomic E-state index is 0.189. The quantitative estimate of drug-likeness (QED) is 0.152. The number of hydrazone groups is 1. The van der Waals surface area contributed by atoms with E-state index >= 15 is 0 Å². The van der Waals surface area contributed by atoms with E-state index in [0.29, 0.717) is 21.7 Å². The van der Waals surface area contributed by atoms with E-state index in [-0.39, 0.29) is 29.1 Å². The topological polar surface area (TPSA) is 117 Å². The van der Waals surface area contributed by atoms with Crippen LogP contribution in [0.2, 0.25) is 0 Å². The molecule has 0 saturated heterocycles. The molecule has 240 valence electrons. The van der Waals surface area contributed by atoms with Gasteiger partial charge in [-0.05, 0) is 79.6 Å². The lowest BCUT2D eigenvalue weighted by Gasteiger charge is -2.24. The first-order valence-electron chi connectivity index (χ1n) is 14.0. The van der Waals surface area contributed by atoms with E-state index < -0.39 is 34.2 Å². The number of sulfonamides is 1. The Bertz CT molecular complexity index is 1780. The fraction of sp³-hybridized carbons (Fsp3) is 0.182. The van der Waals surface area contributed by atoms with Gasteiger partial charge in [0, 0.05) is 0 Å². The number of ether oxygens (including phenoxy) is 1. The van der Waals surface area contributed by atoms with Crippen LogP contribution in [-0.4, -0.2) is 39.6 Å². The number of benzene rings is 4. The van der Waals surface area contributed by atoms with Crippen LogP contribution < -0.4 is 19.8 Å². The number of rotatable bonds is 12. The van der Waals surface area contributed by atoms with Crippen molar-refractivity contribution in [1.82, 2.24) is 10.7 Å². The van der Waals surface area contributed by atoms with E-state index in [0.717, 1.165) is 23.3 Å². The molecule has 4 aromatic carbocycles. The molecule has 0 saturated carbocycles. The fourth-order valence-corrected chi connectivity index (χ4v) is 5.65. The van der Waals surface area contributed by atoms with E-state index in [1.807, 2.05) is 37.3 Å². The number of amides is 2. The normalized spacial score (nSPS) is 12.4. The maximum atomic E-state index is 13.5. The number of carbonyl (C=O) groups is 2. The van der Waals surface area contributed by atoms with Crippen molar-refractivity contribution in [1.29, 1.82) is 0 Å². The molecule has 0 aliphatic carbocycles. The summed E-state index contributed by atoms with van der Waals surface area (Å²) in [7, 11) is -4.43. The molecule has 13 heteroatoms. The van der Waals surface area contributed by atoms with Gasteiger partial charge in [0.05, 0.1) is 28.4 Å². The smallest absolute Gasteiger partial charge is 0.416 e. The summed E-state index contributed by atoms with van der Waals surface area (Å²) < 4.78 is 73.3. The molecule has 4 aromatic rings. The Morgan fingerprint density at radius 1 is 0.913 bits per heavy atom. The third-order valence-electron chi connectivity index (χ3n) is 6.69. The van der Waals surface area contributed by atoms with Gasteiger partial charge in [-0.1, -0.05) is 54.1 Å². The summed E-state index contributed by atoms with van der Waals surface area (Å²) in [4.78, 5) is 24.9. The Hall–Kier alpha value is -5.17. The van der Waals surface area contributed by atoms with Crippen molar-refractivity contribution in [2.24, 2.45) is 5.10 Å². The first-order chi connectivity index (χ1) is 21.8. The Kier molecular flexibility index (Phi) is 10.8. The van der Waals surface area contributed by atoms with Crippen LogP contribution in [0.4, 0.5) is 18.9 Å². The molecule has 0 spiro atoms. The molecule has 0 bridgehead atoms. The van der Waals surface area contributed by atoms with Gasteiger partial charge >= 0.3 is 6.18 Å². The fourth-order valence-electron chi connectivity index (χ4n) is 4.24. The van der Waals surface area contributed by atoms with Gasteiger partial charge in [0.15, 0.2) is 6.61 Å². The first kappa shape index (κ1) is 33.7. The second-order valence-corrected chi connectivity index (χ2v) is 12.1. The highest BCUT2D eigenvalue weighted by Gasteiger charge is 2.33. The monoisotopic (exact) mass is 652 g/mol. The zero-order chi connectivity index (χ0) is 33.3. The van der Waals surface area contributed by atoms with Gasteiger partial charge < -0.3 is 10.1 Å². The standard InChI is InChI=1S/C33H31F3N4O5S/c1-23-11-17-30(18-12-23)46(43,44)40(28-10-6-9-27(19-28)33(34,35)36)21-31(41)39-37-20-25-13-15-29(16-14-25)45-22-32(42)38-24(2)26-7-4-3-5-8-26/h3-20,24H,21-22H2,1-2H3,(H,38,42)(H,39,41)/b37-20-/t24-/m0/s1. The van der Waals surface area contributed by atoms with Crippen molar-refractivity contribution in [2.75, 3.05) is 17.5 Å². The molecule has 2 amide bonds. The molecule has 2 N–H and O–H groups in total. The summed E-state index contributed by atoms with van der Waals surface area (Å²) in [5, 5.41) is 6.70. The molecule has 0 radical (unpaired) electrons. The van der Waals surface area contributed by atoms with Crippen LogP contribution in [-0.2, 0) is 25.8 Å². The van der Waals surface area contributed by atoms with Gasteiger partial charge in [0.2, 0.25) is 0 Å². The lowest BCUT2D eigenvalue weighted by molar-refractivity contribution is -0.137. The molecule has 0 aliphatic rings. The molecule has 1 atom stereocenters. The van der Waals surface area contributed by atoms with Gasteiger partial charge in [-0.25, -0.2) is 13.8 Å². The Balaban J connectivity index is 1.38. The zero-order valence-electron chi connectivity index (χ0n) is 24.9. The molecule has 0 aliphatic heterocycles. The van der Waals surface area contributed by atoms with Crippen LogP contribution in [0.1, 0.15) is 35.2 Å². The van der Waals surface area contributed by atoms with Gasteiger partial charge in [-0.2, -0.15) is 18.3 Å². The number of halogens is 3. The average molecular weight is 653 g/mol. The van der Waals surface area contributed by atoms with Crippen molar-refractivity contribution in [3.05, 3.63) is 125 Å².